The van der Waals surface area contributed by atoms with Crippen LogP contribution in [0, 0.1) is 6.92 Å². The average Bonchev–Trinajstić information content (AvgIpc) is 2.57. The van der Waals surface area contributed by atoms with Crippen LogP contribution in [0.5, 0.6) is 0 Å². The molecule has 2 rings (SSSR count). The second-order valence-corrected chi connectivity index (χ2v) is 5.35. The summed E-state index contributed by atoms with van der Waals surface area (Å²) in [5.74, 6) is -0.658. The van der Waals surface area contributed by atoms with Gasteiger partial charge in [-0.1, -0.05) is 29.5 Å². The van der Waals surface area contributed by atoms with Crippen molar-refractivity contribution in [1.82, 2.24) is 10.2 Å². The van der Waals surface area contributed by atoms with Crippen LogP contribution in [0.3, 0.4) is 0 Å². The number of amides is 2. The summed E-state index contributed by atoms with van der Waals surface area (Å²) in [4.78, 5) is 26.4. The molecule has 1 aromatic rings. The highest BCUT2D eigenvalue weighted by Crippen LogP contribution is 2.32. The molecule has 1 N–H and O–H groups in total. The molecule has 1 heterocycles. The molecule has 0 fully saturated rings. The number of carbonyl (C=O) groups excluding carboxylic acids is 2. The van der Waals surface area contributed by atoms with Crippen LogP contribution in [0.15, 0.2) is 39.8 Å². The van der Waals surface area contributed by atoms with Crippen LogP contribution in [0.2, 0.25) is 0 Å². The fourth-order valence-corrected chi connectivity index (χ4v) is 2.68. The predicted octanol–water partition coefficient (Wildman–Crippen LogP) is 1.52. The van der Waals surface area contributed by atoms with Gasteiger partial charge in [0.2, 0.25) is 0 Å². The minimum atomic E-state index is -0.334. The SMILES string of the molecule is Cc1ccc(SC2=C(N(C)C)C(=O)NC2=O)cc1. The molecule has 0 aromatic heterocycles. The highest BCUT2D eigenvalue weighted by molar-refractivity contribution is 8.04. The highest BCUT2D eigenvalue weighted by atomic mass is 32.2. The molecule has 0 saturated carbocycles. The number of thioether (sulfide) groups is 1. The van der Waals surface area contributed by atoms with Crippen LogP contribution >= 0.6 is 11.8 Å². The van der Waals surface area contributed by atoms with E-state index in [9.17, 15) is 9.59 Å². The quantitative estimate of drug-likeness (QED) is 0.839. The largest absolute Gasteiger partial charge is 0.372 e. The molecule has 18 heavy (non-hydrogen) atoms. The molecule has 0 unspecified atom stereocenters. The maximum absolute atomic E-state index is 11.7. The molecule has 1 aromatic carbocycles. The number of rotatable bonds is 3. The van der Waals surface area contributed by atoms with Gasteiger partial charge in [0.05, 0.1) is 0 Å². The lowest BCUT2D eigenvalue weighted by Gasteiger charge is -2.12. The van der Waals surface area contributed by atoms with Gasteiger partial charge in [-0.25, -0.2) is 0 Å². The van der Waals surface area contributed by atoms with Crippen LogP contribution in [-0.4, -0.2) is 30.8 Å². The minimum Gasteiger partial charge on any atom is -0.372 e. The van der Waals surface area contributed by atoms with E-state index in [1.54, 1.807) is 19.0 Å². The van der Waals surface area contributed by atoms with Crippen molar-refractivity contribution in [3.63, 3.8) is 0 Å². The van der Waals surface area contributed by atoms with E-state index in [2.05, 4.69) is 5.32 Å². The molecule has 1 aliphatic rings. The third-order valence-corrected chi connectivity index (χ3v) is 3.64. The molecule has 0 radical (unpaired) electrons. The maximum atomic E-state index is 11.7. The molecule has 0 aliphatic carbocycles. The standard InChI is InChI=1S/C13H14N2O2S/c1-8-4-6-9(7-5-8)18-11-10(15(2)3)12(16)14-13(11)17/h4-7H,1-3H3,(H,14,16,17). The lowest BCUT2D eigenvalue weighted by Crippen LogP contribution is -2.26. The van der Waals surface area contributed by atoms with Gasteiger partial charge in [0.15, 0.2) is 0 Å². The van der Waals surface area contributed by atoms with E-state index in [1.165, 1.54) is 11.8 Å². The zero-order valence-electron chi connectivity index (χ0n) is 10.5. The Morgan fingerprint density at radius 2 is 1.67 bits per heavy atom. The van der Waals surface area contributed by atoms with Crippen LogP contribution in [0.1, 0.15) is 5.56 Å². The van der Waals surface area contributed by atoms with Crippen LogP contribution in [0.4, 0.5) is 0 Å². The summed E-state index contributed by atoms with van der Waals surface area (Å²) in [6.07, 6.45) is 0. The number of nitrogens with one attached hydrogen (secondary N) is 1. The number of nitrogens with zero attached hydrogens (tertiary/aromatic N) is 1. The van der Waals surface area contributed by atoms with Crippen molar-refractivity contribution in [1.29, 1.82) is 0 Å². The van der Waals surface area contributed by atoms with Gasteiger partial charge in [0, 0.05) is 19.0 Å². The monoisotopic (exact) mass is 262 g/mol. The first-order chi connectivity index (χ1) is 8.49. The molecule has 4 nitrogen and oxygen atoms in total. The minimum absolute atomic E-state index is 0.325. The Morgan fingerprint density at radius 3 is 2.22 bits per heavy atom. The molecule has 5 heteroatoms. The number of aryl methyl sites for hydroxylation is 1. The highest BCUT2D eigenvalue weighted by Gasteiger charge is 2.32. The smallest absolute Gasteiger partial charge is 0.275 e. The Kier molecular flexibility index (Phi) is 3.43. The molecule has 94 valence electrons. The van der Waals surface area contributed by atoms with Crippen molar-refractivity contribution in [2.75, 3.05) is 14.1 Å². The van der Waals surface area contributed by atoms with Crippen molar-refractivity contribution >= 4 is 23.6 Å². The third-order valence-electron chi connectivity index (χ3n) is 2.55. The number of carbonyl (C=O) groups is 2. The number of imide groups is 1. The Balaban J connectivity index is 2.33. The molecule has 2 amide bonds. The topological polar surface area (TPSA) is 49.4 Å². The van der Waals surface area contributed by atoms with Gasteiger partial charge in [-0.3, -0.25) is 14.9 Å². The number of likely N-dealkylation sites (N-methyl/N-ethyl adjacent to an activating group) is 1. The van der Waals surface area contributed by atoms with Gasteiger partial charge >= 0.3 is 0 Å². The van der Waals surface area contributed by atoms with Crippen LogP contribution in [0.25, 0.3) is 0 Å². The van der Waals surface area contributed by atoms with E-state index >= 15 is 0 Å². The van der Waals surface area contributed by atoms with Gasteiger partial charge in [-0.05, 0) is 19.1 Å². The van der Waals surface area contributed by atoms with Gasteiger partial charge < -0.3 is 4.90 Å². The summed E-state index contributed by atoms with van der Waals surface area (Å²) in [5.41, 5.74) is 1.58. The lowest BCUT2D eigenvalue weighted by atomic mass is 10.2. The van der Waals surface area contributed by atoms with E-state index < -0.39 is 0 Å². The van der Waals surface area contributed by atoms with E-state index in [1.807, 2.05) is 31.2 Å². The normalized spacial score (nSPS) is 15.1. The van der Waals surface area contributed by atoms with E-state index in [4.69, 9.17) is 0 Å². The second kappa shape index (κ2) is 4.86. The molecule has 0 spiro atoms. The van der Waals surface area contributed by atoms with E-state index in [0.717, 1.165) is 10.5 Å². The number of hydrogen-bond donors (Lipinski definition) is 1. The first-order valence-corrected chi connectivity index (χ1v) is 6.32. The Morgan fingerprint density at radius 1 is 1.06 bits per heavy atom. The molecule has 0 saturated heterocycles. The van der Waals surface area contributed by atoms with Gasteiger partial charge in [0.25, 0.3) is 11.8 Å². The molecule has 0 atom stereocenters. The van der Waals surface area contributed by atoms with Crippen molar-refractivity contribution < 1.29 is 9.59 Å². The Hall–Kier alpha value is -1.75. The Bertz CT molecular complexity index is 532. The van der Waals surface area contributed by atoms with Gasteiger partial charge in [0.1, 0.15) is 10.6 Å². The molecule has 0 bridgehead atoms. The van der Waals surface area contributed by atoms with Gasteiger partial charge in [-0.15, -0.1) is 0 Å². The van der Waals surface area contributed by atoms with Crippen molar-refractivity contribution in [3.8, 4) is 0 Å². The number of benzene rings is 1. The molecular formula is C13H14N2O2S. The van der Waals surface area contributed by atoms with Crippen LogP contribution < -0.4 is 5.32 Å². The van der Waals surface area contributed by atoms with Crippen molar-refractivity contribution in [2.45, 2.75) is 11.8 Å². The average molecular weight is 262 g/mol. The van der Waals surface area contributed by atoms with Crippen molar-refractivity contribution in [2.24, 2.45) is 0 Å². The summed E-state index contributed by atoms with van der Waals surface area (Å²) in [6.45, 7) is 2.00. The summed E-state index contributed by atoms with van der Waals surface area (Å²) in [7, 11) is 3.51. The van der Waals surface area contributed by atoms with Gasteiger partial charge in [-0.2, -0.15) is 0 Å². The fourth-order valence-electron chi connectivity index (χ4n) is 1.65. The second-order valence-electron chi connectivity index (χ2n) is 4.27. The van der Waals surface area contributed by atoms with Crippen LogP contribution in [-0.2, 0) is 9.59 Å². The molecule has 1 aliphatic heterocycles. The fraction of sp³-hybridized carbons (Fsp3) is 0.231. The third kappa shape index (κ3) is 2.41. The first kappa shape index (κ1) is 12.7. The maximum Gasteiger partial charge on any atom is 0.275 e. The zero-order chi connectivity index (χ0) is 13.3. The molecular weight excluding hydrogens is 248 g/mol. The first-order valence-electron chi connectivity index (χ1n) is 5.51. The lowest BCUT2D eigenvalue weighted by molar-refractivity contribution is -0.124. The van der Waals surface area contributed by atoms with Crippen molar-refractivity contribution in [3.05, 3.63) is 40.4 Å². The summed E-state index contributed by atoms with van der Waals surface area (Å²) < 4.78 is 0. The van der Waals surface area contributed by atoms with E-state index in [0.29, 0.717) is 10.6 Å². The Labute approximate surface area is 110 Å². The summed E-state index contributed by atoms with van der Waals surface area (Å²) in [5, 5.41) is 2.32. The summed E-state index contributed by atoms with van der Waals surface area (Å²) in [6, 6.07) is 7.84. The zero-order valence-corrected chi connectivity index (χ0v) is 11.3. The summed E-state index contributed by atoms with van der Waals surface area (Å²) >= 11 is 1.31. The van der Waals surface area contributed by atoms with E-state index in [-0.39, 0.29) is 11.8 Å². The number of hydrogen-bond acceptors (Lipinski definition) is 4. The predicted molar refractivity (Wildman–Crippen MR) is 70.9 cm³/mol.